The van der Waals surface area contributed by atoms with Crippen LogP contribution in [0.4, 0.5) is 5.69 Å². The van der Waals surface area contributed by atoms with Crippen LogP contribution in [0.2, 0.25) is 0 Å². The number of benzene rings is 1. The van der Waals surface area contributed by atoms with E-state index >= 15 is 0 Å². The summed E-state index contributed by atoms with van der Waals surface area (Å²) in [7, 11) is 0. The maximum Gasteiger partial charge on any atom is 0.329 e. The van der Waals surface area contributed by atoms with Gasteiger partial charge in [-0.1, -0.05) is 18.2 Å². The first-order valence-electron chi connectivity index (χ1n) is 9.13. The molecule has 1 saturated heterocycles. The van der Waals surface area contributed by atoms with Gasteiger partial charge >= 0.3 is 5.97 Å². The van der Waals surface area contributed by atoms with Crippen LogP contribution in [0.1, 0.15) is 29.4 Å². The quantitative estimate of drug-likeness (QED) is 0.720. The van der Waals surface area contributed by atoms with Gasteiger partial charge in [0.05, 0.1) is 17.2 Å². The second kappa shape index (κ2) is 9.36. The molecule has 2 aromatic rings. The van der Waals surface area contributed by atoms with E-state index in [1.54, 1.807) is 36.4 Å². The Hall–Kier alpha value is -2.87. The first-order chi connectivity index (χ1) is 13.6. The van der Waals surface area contributed by atoms with Crippen molar-refractivity contribution >= 4 is 34.8 Å². The molecule has 0 bridgehead atoms. The summed E-state index contributed by atoms with van der Waals surface area (Å²) in [6.07, 6.45) is 1.26. The van der Waals surface area contributed by atoms with Gasteiger partial charge < -0.3 is 19.7 Å². The predicted octanol–water partition coefficient (Wildman–Crippen LogP) is 2.93. The van der Waals surface area contributed by atoms with E-state index < -0.39 is 24.5 Å². The molecule has 2 amide bonds. The van der Waals surface area contributed by atoms with Crippen molar-refractivity contribution in [1.82, 2.24) is 4.90 Å². The Kier molecular flexibility index (Phi) is 6.65. The Morgan fingerprint density at radius 2 is 2.04 bits per heavy atom. The number of hydrogen-bond acceptors (Lipinski definition) is 6. The molecule has 1 aliphatic heterocycles. The molecule has 8 heteroatoms. The highest BCUT2D eigenvalue weighted by Gasteiger charge is 2.36. The van der Waals surface area contributed by atoms with Crippen LogP contribution in [0.5, 0.6) is 5.75 Å². The van der Waals surface area contributed by atoms with Crippen LogP contribution < -0.4 is 10.1 Å². The number of nitrogens with one attached hydrogen (secondary N) is 1. The minimum Gasteiger partial charge on any atom is -0.492 e. The predicted molar refractivity (Wildman–Crippen MR) is 106 cm³/mol. The molecule has 28 heavy (non-hydrogen) atoms. The lowest BCUT2D eigenvalue weighted by Crippen LogP contribution is -2.41. The number of thiophene rings is 1. The van der Waals surface area contributed by atoms with E-state index in [9.17, 15) is 14.4 Å². The Bertz CT molecular complexity index is 837. The minimum atomic E-state index is -0.655. The van der Waals surface area contributed by atoms with Crippen LogP contribution >= 0.6 is 11.3 Å². The van der Waals surface area contributed by atoms with Crippen molar-refractivity contribution in [3.63, 3.8) is 0 Å². The molecule has 0 radical (unpaired) electrons. The van der Waals surface area contributed by atoms with Crippen LogP contribution in [0.25, 0.3) is 0 Å². The summed E-state index contributed by atoms with van der Waals surface area (Å²) in [4.78, 5) is 39.3. The van der Waals surface area contributed by atoms with Gasteiger partial charge in [0, 0.05) is 6.54 Å². The van der Waals surface area contributed by atoms with Gasteiger partial charge in [0.2, 0.25) is 0 Å². The molecule has 0 saturated carbocycles. The molecular formula is C20H22N2O5S. The van der Waals surface area contributed by atoms with Gasteiger partial charge in [-0.05, 0) is 43.3 Å². The number of likely N-dealkylation sites (tertiary alicyclic amines) is 1. The molecular weight excluding hydrogens is 380 g/mol. The fourth-order valence-corrected chi connectivity index (χ4v) is 3.75. The lowest BCUT2D eigenvalue weighted by Gasteiger charge is -2.22. The Balaban J connectivity index is 1.55. The second-order valence-electron chi connectivity index (χ2n) is 6.22. The number of amides is 2. The van der Waals surface area contributed by atoms with Gasteiger partial charge in [-0.3, -0.25) is 9.59 Å². The molecule has 0 spiro atoms. The van der Waals surface area contributed by atoms with E-state index in [-0.39, 0.29) is 5.91 Å². The average Bonchev–Trinajstić information content (AvgIpc) is 3.39. The maximum atomic E-state index is 12.5. The number of rotatable bonds is 7. The zero-order valence-electron chi connectivity index (χ0n) is 15.6. The normalized spacial score (nSPS) is 15.9. The smallest absolute Gasteiger partial charge is 0.329 e. The Labute approximate surface area is 167 Å². The summed E-state index contributed by atoms with van der Waals surface area (Å²) in [6.45, 7) is 2.41. The molecule has 148 valence electrons. The molecule has 1 aromatic carbocycles. The molecule has 2 heterocycles. The van der Waals surface area contributed by atoms with E-state index in [1.165, 1.54) is 16.2 Å². The monoisotopic (exact) mass is 402 g/mol. The summed E-state index contributed by atoms with van der Waals surface area (Å²) < 4.78 is 10.6. The molecule has 0 aliphatic carbocycles. The number of carbonyl (C=O) groups is 3. The van der Waals surface area contributed by atoms with Gasteiger partial charge in [-0.25, -0.2) is 4.79 Å². The number of nitrogens with zero attached hydrogens (tertiary/aromatic N) is 1. The highest BCUT2D eigenvalue weighted by atomic mass is 32.1. The van der Waals surface area contributed by atoms with Crippen LogP contribution in [0.15, 0.2) is 41.8 Å². The topological polar surface area (TPSA) is 84.9 Å². The summed E-state index contributed by atoms with van der Waals surface area (Å²) >= 11 is 1.34. The van der Waals surface area contributed by atoms with Crippen LogP contribution in [0, 0.1) is 0 Å². The van der Waals surface area contributed by atoms with Crippen LogP contribution in [0.3, 0.4) is 0 Å². The van der Waals surface area contributed by atoms with Crippen molar-refractivity contribution in [2.75, 3.05) is 25.1 Å². The van der Waals surface area contributed by atoms with Crippen molar-refractivity contribution in [2.45, 2.75) is 25.8 Å². The van der Waals surface area contributed by atoms with E-state index in [1.807, 2.05) is 12.3 Å². The van der Waals surface area contributed by atoms with E-state index in [0.717, 1.165) is 6.42 Å². The van der Waals surface area contributed by atoms with Crippen LogP contribution in [-0.4, -0.2) is 48.5 Å². The third-order valence-corrected chi connectivity index (χ3v) is 5.18. The van der Waals surface area contributed by atoms with E-state index in [4.69, 9.17) is 9.47 Å². The highest BCUT2D eigenvalue weighted by Crippen LogP contribution is 2.24. The third kappa shape index (κ3) is 4.69. The van der Waals surface area contributed by atoms with Crippen molar-refractivity contribution < 1.29 is 23.9 Å². The summed E-state index contributed by atoms with van der Waals surface area (Å²) in [6, 6.07) is 9.92. The number of carbonyl (C=O) groups excluding carboxylic acids is 3. The fourth-order valence-electron chi connectivity index (χ4n) is 3.07. The largest absolute Gasteiger partial charge is 0.492 e. The number of para-hydroxylation sites is 2. The zero-order chi connectivity index (χ0) is 19.9. The molecule has 0 unspecified atom stereocenters. The maximum absolute atomic E-state index is 12.5. The van der Waals surface area contributed by atoms with Gasteiger partial charge in [-0.2, -0.15) is 0 Å². The van der Waals surface area contributed by atoms with E-state index in [2.05, 4.69) is 5.32 Å². The van der Waals surface area contributed by atoms with Gasteiger partial charge in [0.15, 0.2) is 6.61 Å². The SMILES string of the molecule is CCOc1ccccc1NC(=O)COC(=O)[C@@H]1CCCN1C(=O)c1cccs1. The van der Waals surface area contributed by atoms with Crippen molar-refractivity contribution in [3.8, 4) is 5.75 Å². The van der Waals surface area contributed by atoms with Gasteiger partial charge in [-0.15, -0.1) is 11.3 Å². The number of anilines is 1. The number of esters is 1. The van der Waals surface area contributed by atoms with E-state index in [0.29, 0.717) is 35.9 Å². The van der Waals surface area contributed by atoms with Gasteiger partial charge in [0.25, 0.3) is 11.8 Å². The molecule has 1 aromatic heterocycles. The zero-order valence-corrected chi connectivity index (χ0v) is 16.4. The van der Waals surface area contributed by atoms with Crippen molar-refractivity contribution in [1.29, 1.82) is 0 Å². The molecule has 7 nitrogen and oxygen atoms in total. The highest BCUT2D eigenvalue weighted by molar-refractivity contribution is 7.12. The Morgan fingerprint density at radius 3 is 2.79 bits per heavy atom. The average molecular weight is 402 g/mol. The number of ether oxygens (including phenoxy) is 2. The summed E-state index contributed by atoms with van der Waals surface area (Å²) in [5.74, 6) is -0.650. The number of hydrogen-bond donors (Lipinski definition) is 1. The minimum absolute atomic E-state index is 0.176. The summed E-state index contributed by atoms with van der Waals surface area (Å²) in [5, 5.41) is 4.50. The standard InChI is InChI=1S/C20H22N2O5S/c1-2-26-16-9-4-3-7-14(16)21-18(23)13-27-20(25)15-8-5-11-22(15)19(24)17-10-6-12-28-17/h3-4,6-7,9-10,12,15H,2,5,8,11,13H2,1H3,(H,21,23)/t15-/m0/s1. The molecule has 3 rings (SSSR count). The van der Waals surface area contributed by atoms with Crippen LogP contribution in [-0.2, 0) is 14.3 Å². The van der Waals surface area contributed by atoms with Crippen molar-refractivity contribution in [3.05, 3.63) is 46.7 Å². The third-order valence-electron chi connectivity index (χ3n) is 4.32. The Morgan fingerprint density at radius 1 is 1.21 bits per heavy atom. The summed E-state index contributed by atoms with van der Waals surface area (Å²) in [5.41, 5.74) is 0.515. The molecule has 1 fully saturated rings. The first kappa shape index (κ1) is 19.9. The lowest BCUT2D eigenvalue weighted by atomic mass is 10.2. The second-order valence-corrected chi connectivity index (χ2v) is 7.17. The lowest BCUT2D eigenvalue weighted by molar-refractivity contribution is -0.151. The first-order valence-corrected chi connectivity index (χ1v) is 10.0. The molecule has 1 N–H and O–H groups in total. The fraction of sp³-hybridized carbons (Fsp3) is 0.350. The van der Waals surface area contributed by atoms with Gasteiger partial charge in [0.1, 0.15) is 11.8 Å². The van der Waals surface area contributed by atoms with Crippen molar-refractivity contribution in [2.24, 2.45) is 0 Å². The molecule has 1 atom stereocenters. The molecule has 1 aliphatic rings.